The largest absolute Gasteiger partial charge is 0.339 e. The van der Waals surface area contributed by atoms with Gasteiger partial charge in [-0.05, 0) is 50.6 Å². The molecule has 3 heterocycles. The molecule has 8 heteroatoms. The Morgan fingerprint density at radius 1 is 1.27 bits per heavy atom. The summed E-state index contributed by atoms with van der Waals surface area (Å²) < 4.78 is 13.8. The number of hydrogen-bond acceptors (Lipinski definition) is 6. The van der Waals surface area contributed by atoms with Crippen molar-refractivity contribution in [1.29, 1.82) is 0 Å². The van der Waals surface area contributed by atoms with Gasteiger partial charge >= 0.3 is 0 Å². The topological polar surface area (TPSA) is 83.0 Å². The highest BCUT2D eigenvalue weighted by Crippen LogP contribution is 2.32. The maximum Gasteiger partial charge on any atom is 0.238 e. The van der Waals surface area contributed by atoms with E-state index in [9.17, 15) is 9.18 Å². The van der Waals surface area contributed by atoms with E-state index in [2.05, 4.69) is 25.5 Å². The standard InChI is InChI=1S/C22H23FN6O/c1-15-11-16(27-21-13-24-8-9-25-21)12-19(26-15)20-7-4-10-29(20)14-22(30)28-18-6-3-2-5-17(18)23/h2-3,5-6,8-9,11-13,20H,4,7,10,14H2,1H3,(H,28,30)(H,25,26,27)/t20-/m1/s1. The molecule has 0 bridgehead atoms. The maximum absolute atomic E-state index is 13.8. The molecule has 30 heavy (non-hydrogen) atoms. The summed E-state index contributed by atoms with van der Waals surface area (Å²) in [5, 5.41) is 5.91. The van der Waals surface area contributed by atoms with Crippen molar-refractivity contribution >= 4 is 23.1 Å². The second-order valence-corrected chi connectivity index (χ2v) is 7.29. The zero-order valence-corrected chi connectivity index (χ0v) is 16.7. The fourth-order valence-electron chi connectivity index (χ4n) is 3.74. The van der Waals surface area contributed by atoms with Crippen LogP contribution in [0.3, 0.4) is 0 Å². The minimum Gasteiger partial charge on any atom is -0.339 e. The van der Waals surface area contributed by atoms with E-state index in [0.29, 0.717) is 5.82 Å². The first-order chi connectivity index (χ1) is 14.6. The summed E-state index contributed by atoms with van der Waals surface area (Å²) in [5.74, 6) is -0.0249. The van der Waals surface area contributed by atoms with Gasteiger partial charge in [-0.2, -0.15) is 0 Å². The van der Waals surface area contributed by atoms with E-state index in [1.165, 1.54) is 6.07 Å². The number of nitrogens with one attached hydrogen (secondary N) is 2. The normalized spacial score (nSPS) is 16.4. The zero-order chi connectivity index (χ0) is 20.9. The van der Waals surface area contributed by atoms with E-state index in [1.54, 1.807) is 36.8 Å². The van der Waals surface area contributed by atoms with Crippen LogP contribution in [0.5, 0.6) is 0 Å². The molecular weight excluding hydrogens is 383 g/mol. The van der Waals surface area contributed by atoms with Crippen LogP contribution in [-0.4, -0.2) is 38.8 Å². The van der Waals surface area contributed by atoms with Crippen LogP contribution in [0, 0.1) is 12.7 Å². The van der Waals surface area contributed by atoms with E-state index in [1.807, 2.05) is 19.1 Å². The monoisotopic (exact) mass is 406 g/mol. The highest BCUT2D eigenvalue weighted by molar-refractivity contribution is 5.92. The molecule has 0 spiro atoms. The lowest BCUT2D eigenvalue weighted by Crippen LogP contribution is -2.33. The lowest BCUT2D eigenvalue weighted by Gasteiger charge is -2.24. The average molecular weight is 406 g/mol. The lowest BCUT2D eigenvalue weighted by molar-refractivity contribution is -0.117. The molecule has 0 unspecified atom stereocenters. The van der Waals surface area contributed by atoms with E-state index in [4.69, 9.17) is 4.98 Å². The molecule has 2 aromatic heterocycles. The van der Waals surface area contributed by atoms with Gasteiger partial charge in [0.2, 0.25) is 5.91 Å². The molecule has 4 rings (SSSR count). The third-order valence-corrected chi connectivity index (χ3v) is 5.01. The number of rotatable bonds is 6. The van der Waals surface area contributed by atoms with Gasteiger partial charge in [-0.15, -0.1) is 0 Å². The third kappa shape index (κ3) is 4.77. The van der Waals surface area contributed by atoms with Crippen LogP contribution in [0.25, 0.3) is 0 Å². The van der Waals surface area contributed by atoms with Gasteiger partial charge in [0.05, 0.1) is 30.2 Å². The van der Waals surface area contributed by atoms with Crippen LogP contribution < -0.4 is 10.6 Å². The van der Waals surface area contributed by atoms with Crippen LogP contribution in [0.2, 0.25) is 0 Å². The first-order valence-corrected chi connectivity index (χ1v) is 9.88. The molecule has 154 valence electrons. The Labute approximate surface area is 174 Å². The number of benzene rings is 1. The van der Waals surface area contributed by atoms with Gasteiger partial charge in [0, 0.05) is 23.8 Å². The highest BCUT2D eigenvalue weighted by atomic mass is 19.1. The number of aromatic nitrogens is 3. The number of anilines is 3. The molecule has 7 nitrogen and oxygen atoms in total. The number of hydrogen-bond donors (Lipinski definition) is 2. The summed E-state index contributed by atoms with van der Waals surface area (Å²) in [6.45, 7) is 2.91. The summed E-state index contributed by atoms with van der Waals surface area (Å²) >= 11 is 0. The first kappa shape index (κ1) is 19.9. The van der Waals surface area contributed by atoms with E-state index < -0.39 is 5.82 Å². The Morgan fingerprint density at radius 2 is 2.13 bits per heavy atom. The Kier molecular flexibility index (Phi) is 5.94. The van der Waals surface area contributed by atoms with Crippen molar-refractivity contribution in [2.75, 3.05) is 23.7 Å². The summed E-state index contributed by atoms with van der Waals surface area (Å²) in [6, 6.07) is 10.1. The van der Waals surface area contributed by atoms with Crippen LogP contribution >= 0.6 is 0 Å². The van der Waals surface area contributed by atoms with Gasteiger partial charge in [-0.3, -0.25) is 19.7 Å². The van der Waals surface area contributed by atoms with Crippen molar-refractivity contribution < 1.29 is 9.18 Å². The van der Waals surface area contributed by atoms with E-state index >= 15 is 0 Å². The van der Waals surface area contributed by atoms with Gasteiger partial charge in [0.15, 0.2) is 0 Å². The summed E-state index contributed by atoms with van der Waals surface area (Å²) in [6.07, 6.45) is 6.79. The minimum absolute atomic E-state index is 0.0266. The molecule has 1 atom stereocenters. The molecule has 0 saturated carbocycles. The molecule has 1 fully saturated rings. The number of carbonyl (C=O) groups is 1. The van der Waals surface area contributed by atoms with Crippen LogP contribution in [0.1, 0.15) is 30.3 Å². The smallest absolute Gasteiger partial charge is 0.238 e. The fraction of sp³-hybridized carbons (Fsp3) is 0.273. The van der Waals surface area contributed by atoms with Crippen LogP contribution in [0.15, 0.2) is 55.0 Å². The molecule has 1 aliphatic heterocycles. The number of amides is 1. The number of carbonyl (C=O) groups excluding carboxylic acids is 1. The second kappa shape index (κ2) is 8.96. The minimum atomic E-state index is -0.441. The SMILES string of the molecule is Cc1cc(Nc2cnccn2)cc([C@H]2CCCN2CC(=O)Nc2ccccc2F)n1. The predicted octanol–water partition coefficient (Wildman–Crippen LogP) is 3.84. The molecule has 1 amide bonds. The number of aryl methyl sites for hydroxylation is 1. The quantitative estimate of drug-likeness (QED) is 0.647. The van der Waals surface area contributed by atoms with E-state index in [0.717, 1.165) is 36.5 Å². The van der Waals surface area contributed by atoms with Crippen molar-refractivity contribution in [2.24, 2.45) is 0 Å². The Balaban J connectivity index is 1.47. The van der Waals surface area contributed by atoms with Crippen molar-refractivity contribution in [3.63, 3.8) is 0 Å². The first-order valence-electron chi connectivity index (χ1n) is 9.88. The van der Waals surface area contributed by atoms with Crippen LogP contribution in [-0.2, 0) is 4.79 Å². The maximum atomic E-state index is 13.8. The number of nitrogens with zero attached hydrogens (tertiary/aromatic N) is 4. The highest BCUT2D eigenvalue weighted by Gasteiger charge is 2.29. The average Bonchev–Trinajstić information content (AvgIpc) is 3.18. The molecular formula is C22H23FN6O. The molecule has 1 aliphatic rings. The number of para-hydroxylation sites is 1. The Bertz CT molecular complexity index is 1030. The Hall–Kier alpha value is -3.39. The summed E-state index contributed by atoms with van der Waals surface area (Å²) in [4.78, 5) is 27.6. The summed E-state index contributed by atoms with van der Waals surface area (Å²) in [7, 11) is 0. The van der Waals surface area contributed by atoms with Crippen LogP contribution in [0.4, 0.5) is 21.6 Å². The van der Waals surface area contributed by atoms with E-state index in [-0.39, 0.29) is 24.2 Å². The molecule has 0 radical (unpaired) electrons. The van der Waals surface area contributed by atoms with Gasteiger partial charge in [0.25, 0.3) is 0 Å². The Morgan fingerprint density at radius 3 is 2.93 bits per heavy atom. The van der Waals surface area contributed by atoms with Gasteiger partial charge < -0.3 is 10.6 Å². The van der Waals surface area contributed by atoms with Crippen molar-refractivity contribution in [2.45, 2.75) is 25.8 Å². The lowest BCUT2D eigenvalue weighted by atomic mass is 10.1. The number of halogens is 1. The molecule has 1 saturated heterocycles. The summed E-state index contributed by atoms with van der Waals surface area (Å²) in [5.41, 5.74) is 2.85. The number of likely N-dealkylation sites (tertiary alicyclic amines) is 1. The molecule has 3 aromatic rings. The van der Waals surface area contributed by atoms with Crippen molar-refractivity contribution in [3.8, 4) is 0 Å². The predicted molar refractivity (Wildman–Crippen MR) is 113 cm³/mol. The third-order valence-electron chi connectivity index (χ3n) is 5.01. The molecule has 0 aliphatic carbocycles. The molecule has 1 aromatic carbocycles. The molecule has 2 N–H and O–H groups in total. The second-order valence-electron chi connectivity index (χ2n) is 7.29. The zero-order valence-electron chi connectivity index (χ0n) is 16.7. The fourth-order valence-corrected chi connectivity index (χ4v) is 3.74. The van der Waals surface area contributed by atoms with Gasteiger partial charge in [-0.1, -0.05) is 12.1 Å². The van der Waals surface area contributed by atoms with Crippen molar-refractivity contribution in [1.82, 2.24) is 19.9 Å². The van der Waals surface area contributed by atoms with Gasteiger partial charge in [-0.25, -0.2) is 9.37 Å². The van der Waals surface area contributed by atoms with Gasteiger partial charge in [0.1, 0.15) is 11.6 Å². The number of pyridine rings is 1. The van der Waals surface area contributed by atoms with Crippen molar-refractivity contribution in [3.05, 3.63) is 72.2 Å².